The highest BCUT2D eigenvalue weighted by Gasteiger charge is 2.24. The van der Waals surface area contributed by atoms with E-state index in [1.165, 1.54) is 29.5 Å². The van der Waals surface area contributed by atoms with E-state index in [1.807, 2.05) is 36.1 Å². The first kappa shape index (κ1) is 22.3. The standard InChI is InChI=1S/C22H21ClFN5O2S/c1-14-4-2-3-5-16(14)20-26-27-22(32-20)25-19(30)13-28-8-10-29(11-9-28)21(31)15-6-7-18(24)17(23)12-15/h2-7,12H,8-11,13H2,1H3,(H,25,27,30). The van der Waals surface area contributed by atoms with Crippen LogP contribution in [0.3, 0.4) is 0 Å². The summed E-state index contributed by atoms with van der Waals surface area (Å²) in [6.07, 6.45) is 0. The van der Waals surface area contributed by atoms with E-state index in [2.05, 4.69) is 15.5 Å². The van der Waals surface area contributed by atoms with Gasteiger partial charge in [-0.2, -0.15) is 0 Å². The van der Waals surface area contributed by atoms with Crippen molar-refractivity contribution in [1.29, 1.82) is 0 Å². The number of carbonyl (C=O) groups is 2. The largest absolute Gasteiger partial charge is 0.336 e. The predicted molar refractivity (Wildman–Crippen MR) is 122 cm³/mol. The maximum Gasteiger partial charge on any atom is 0.253 e. The van der Waals surface area contributed by atoms with Gasteiger partial charge in [-0.1, -0.05) is 47.2 Å². The fourth-order valence-corrected chi connectivity index (χ4v) is 4.51. The number of benzene rings is 2. The molecule has 3 aromatic rings. The number of rotatable bonds is 5. The zero-order valence-corrected chi connectivity index (χ0v) is 18.9. The van der Waals surface area contributed by atoms with Gasteiger partial charge in [-0.05, 0) is 30.7 Å². The molecule has 1 N–H and O–H groups in total. The van der Waals surface area contributed by atoms with Gasteiger partial charge in [0, 0.05) is 37.3 Å². The Morgan fingerprint density at radius 2 is 1.88 bits per heavy atom. The van der Waals surface area contributed by atoms with Gasteiger partial charge in [-0.25, -0.2) is 4.39 Å². The van der Waals surface area contributed by atoms with Crippen LogP contribution < -0.4 is 5.32 Å². The Kier molecular flexibility index (Phi) is 6.78. The average Bonchev–Trinajstić information content (AvgIpc) is 3.24. The van der Waals surface area contributed by atoms with Gasteiger partial charge < -0.3 is 4.90 Å². The van der Waals surface area contributed by atoms with Crippen LogP contribution >= 0.6 is 22.9 Å². The fourth-order valence-electron chi connectivity index (χ4n) is 3.48. The van der Waals surface area contributed by atoms with Crippen LogP contribution in [0.2, 0.25) is 5.02 Å². The minimum Gasteiger partial charge on any atom is -0.336 e. The van der Waals surface area contributed by atoms with E-state index in [0.717, 1.165) is 16.1 Å². The highest BCUT2D eigenvalue weighted by molar-refractivity contribution is 7.18. The molecule has 1 aromatic heterocycles. The number of hydrogen-bond acceptors (Lipinski definition) is 6. The Labute approximate surface area is 193 Å². The molecule has 1 fully saturated rings. The number of aromatic nitrogens is 2. The lowest BCUT2D eigenvalue weighted by Gasteiger charge is -2.34. The molecule has 0 spiro atoms. The van der Waals surface area contributed by atoms with E-state index in [4.69, 9.17) is 11.6 Å². The zero-order chi connectivity index (χ0) is 22.7. The van der Waals surface area contributed by atoms with Gasteiger partial charge >= 0.3 is 0 Å². The summed E-state index contributed by atoms with van der Waals surface area (Å²) >= 11 is 7.11. The Bertz CT molecular complexity index is 1150. The number of halogens is 2. The maximum absolute atomic E-state index is 13.3. The van der Waals surface area contributed by atoms with Crippen molar-refractivity contribution in [3.8, 4) is 10.6 Å². The van der Waals surface area contributed by atoms with Gasteiger partial charge in [0.1, 0.15) is 10.8 Å². The number of hydrogen-bond donors (Lipinski definition) is 1. The lowest BCUT2D eigenvalue weighted by atomic mass is 10.1. The third kappa shape index (κ3) is 5.12. The van der Waals surface area contributed by atoms with Gasteiger partial charge in [0.2, 0.25) is 11.0 Å². The molecule has 0 unspecified atom stereocenters. The second kappa shape index (κ2) is 9.72. The van der Waals surface area contributed by atoms with Crippen molar-refractivity contribution in [3.05, 3.63) is 64.4 Å². The van der Waals surface area contributed by atoms with Gasteiger partial charge in [0.25, 0.3) is 5.91 Å². The average molecular weight is 474 g/mol. The van der Waals surface area contributed by atoms with Crippen molar-refractivity contribution >= 4 is 39.9 Å². The normalized spacial score (nSPS) is 14.4. The highest BCUT2D eigenvalue weighted by atomic mass is 35.5. The van der Waals surface area contributed by atoms with Crippen LogP contribution in [0.1, 0.15) is 15.9 Å². The molecule has 0 aliphatic carbocycles. The third-order valence-electron chi connectivity index (χ3n) is 5.24. The van der Waals surface area contributed by atoms with Gasteiger partial charge in [-0.3, -0.25) is 19.8 Å². The number of nitrogens with one attached hydrogen (secondary N) is 1. The number of anilines is 1. The molecular formula is C22H21ClFN5O2S. The first-order chi connectivity index (χ1) is 15.4. The molecule has 0 radical (unpaired) electrons. The molecule has 7 nitrogen and oxygen atoms in total. The molecule has 1 aliphatic heterocycles. The summed E-state index contributed by atoms with van der Waals surface area (Å²) in [6, 6.07) is 11.8. The van der Waals surface area contributed by atoms with E-state index < -0.39 is 5.82 Å². The molecule has 2 heterocycles. The molecule has 32 heavy (non-hydrogen) atoms. The van der Waals surface area contributed by atoms with Gasteiger partial charge in [-0.15, -0.1) is 10.2 Å². The topological polar surface area (TPSA) is 78.4 Å². The van der Waals surface area contributed by atoms with E-state index in [0.29, 0.717) is 36.9 Å². The number of nitrogens with zero attached hydrogens (tertiary/aromatic N) is 4. The second-order valence-electron chi connectivity index (χ2n) is 7.47. The summed E-state index contributed by atoms with van der Waals surface area (Å²) < 4.78 is 13.3. The maximum atomic E-state index is 13.3. The minimum atomic E-state index is -0.555. The van der Waals surface area contributed by atoms with Crippen molar-refractivity contribution in [2.75, 3.05) is 38.0 Å². The van der Waals surface area contributed by atoms with Crippen molar-refractivity contribution in [3.63, 3.8) is 0 Å². The molecule has 10 heteroatoms. The summed E-state index contributed by atoms with van der Waals surface area (Å²) in [5.41, 5.74) is 2.44. The van der Waals surface area contributed by atoms with Gasteiger partial charge in [0.15, 0.2) is 0 Å². The summed E-state index contributed by atoms with van der Waals surface area (Å²) in [6.45, 7) is 4.25. The molecule has 1 saturated heterocycles. The fraction of sp³-hybridized carbons (Fsp3) is 0.273. The predicted octanol–water partition coefficient (Wildman–Crippen LogP) is 3.70. The van der Waals surface area contributed by atoms with Crippen LogP contribution in [-0.4, -0.2) is 64.5 Å². The van der Waals surface area contributed by atoms with Crippen LogP contribution in [0.25, 0.3) is 10.6 Å². The molecule has 0 saturated carbocycles. The Balaban J connectivity index is 1.28. The molecule has 0 bridgehead atoms. The monoisotopic (exact) mass is 473 g/mol. The molecule has 166 valence electrons. The number of carbonyl (C=O) groups excluding carboxylic acids is 2. The number of aryl methyl sites for hydroxylation is 1. The third-order valence-corrected chi connectivity index (χ3v) is 6.40. The van der Waals surface area contributed by atoms with Crippen LogP contribution in [-0.2, 0) is 4.79 Å². The Morgan fingerprint density at radius 3 is 2.59 bits per heavy atom. The van der Waals surface area contributed by atoms with E-state index in [9.17, 15) is 14.0 Å². The van der Waals surface area contributed by atoms with Crippen molar-refractivity contribution < 1.29 is 14.0 Å². The van der Waals surface area contributed by atoms with Gasteiger partial charge in [0.05, 0.1) is 11.6 Å². The minimum absolute atomic E-state index is 0.0755. The molecule has 4 rings (SSSR count). The first-order valence-electron chi connectivity index (χ1n) is 10.1. The van der Waals surface area contributed by atoms with Crippen LogP contribution in [0.15, 0.2) is 42.5 Å². The first-order valence-corrected chi connectivity index (χ1v) is 11.3. The summed E-state index contributed by atoms with van der Waals surface area (Å²) in [5.74, 6) is -0.934. The second-order valence-corrected chi connectivity index (χ2v) is 8.86. The molecule has 0 atom stereocenters. The van der Waals surface area contributed by atoms with Crippen LogP contribution in [0.4, 0.5) is 9.52 Å². The SMILES string of the molecule is Cc1ccccc1-c1nnc(NC(=O)CN2CCN(C(=O)c3ccc(F)c(Cl)c3)CC2)s1. The molecule has 2 amide bonds. The molecule has 1 aliphatic rings. The van der Waals surface area contributed by atoms with Crippen molar-refractivity contribution in [1.82, 2.24) is 20.0 Å². The van der Waals surface area contributed by atoms with Crippen molar-refractivity contribution in [2.45, 2.75) is 6.92 Å². The lowest BCUT2D eigenvalue weighted by Crippen LogP contribution is -2.50. The van der Waals surface area contributed by atoms with E-state index in [-0.39, 0.29) is 23.4 Å². The van der Waals surface area contributed by atoms with Crippen molar-refractivity contribution in [2.24, 2.45) is 0 Å². The Hall–Kier alpha value is -2.88. The number of amides is 2. The Morgan fingerprint density at radius 1 is 1.12 bits per heavy atom. The van der Waals surface area contributed by atoms with E-state index in [1.54, 1.807) is 4.90 Å². The van der Waals surface area contributed by atoms with Crippen LogP contribution in [0, 0.1) is 12.7 Å². The smallest absolute Gasteiger partial charge is 0.253 e. The number of piperazine rings is 1. The molecular weight excluding hydrogens is 453 g/mol. The summed E-state index contributed by atoms with van der Waals surface area (Å²) in [5, 5.41) is 12.2. The van der Waals surface area contributed by atoms with E-state index >= 15 is 0 Å². The van der Waals surface area contributed by atoms with Crippen LogP contribution in [0.5, 0.6) is 0 Å². The summed E-state index contributed by atoms with van der Waals surface area (Å²) in [4.78, 5) is 28.7. The highest BCUT2D eigenvalue weighted by Crippen LogP contribution is 2.28. The zero-order valence-electron chi connectivity index (χ0n) is 17.3. The quantitative estimate of drug-likeness (QED) is 0.611. The summed E-state index contributed by atoms with van der Waals surface area (Å²) in [7, 11) is 0. The lowest BCUT2D eigenvalue weighted by molar-refractivity contribution is -0.117. The molecule has 2 aromatic carbocycles.